The molecular formula is C13H15NO3S. The Kier molecular flexibility index (Phi) is 3.26. The highest BCUT2D eigenvalue weighted by Crippen LogP contribution is 2.31. The lowest BCUT2D eigenvalue weighted by atomic mass is 9.94. The van der Waals surface area contributed by atoms with E-state index in [1.54, 1.807) is 0 Å². The van der Waals surface area contributed by atoms with Gasteiger partial charge in [0, 0.05) is 18.7 Å². The van der Waals surface area contributed by atoms with Crippen molar-refractivity contribution in [2.45, 2.75) is 19.8 Å². The minimum atomic E-state index is -3.30. The van der Waals surface area contributed by atoms with E-state index in [1.807, 2.05) is 24.3 Å². The summed E-state index contributed by atoms with van der Waals surface area (Å²) < 4.78 is 23.6. The number of rotatable bonds is 2. The number of allylic oxidation sites excluding steroid dienone is 1. The molecule has 4 nitrogen and oxygen atoms in total. The van der Waals surface area contributed by atoms with Gasteiger partial charge in [-0.3, -0.25) is 4.79 Å². The maximum absolute atomic E-state index is 11.8. The standard InChI is InChI=1S/C13H15NO3S/c1-9(15)14-13-11-6-4-3-5-10(11)7-8-12(13)18(2,16)17/h3-6H,7-8H2,1-2H3,(H,14,15). The second kappa shape index (κ2) is 4.57. The van der Waals surface area contributed by atoms with Crippen LogP contribution in [0, 0.1) is 0 Å². The number of hydrogen-bond acceptors (Lipinski definition) is 3. The van der Waals surface area contributed by atoms with Gasteiger partial charge in [-0.25, -0.2) is 8.42 Å². The van der Waals surface area contributed by atoms with Crippen molar-refractivity contribution in [1.82, 2.24) is 5.32 Å². The van der Waals surface area contributed by atoms with Crippen LogP contribution in [0.15, 0.2) is 29.2 Å². The molecule has 1 aliphatic carbocycles. The van der Waals surface area contributed by atoms with E-state index < -0.39 is 9.84 Å². The first-order valence-corrected chi connectivity index (χ1v) is 7.58. The number of benzene rings is 1. The van der Waals surface area contributed by atoms with E-state index in [1.165, 1.54) is 13.2 Å². The highest BCUT2D eigenvalue weighted by molar-refractivity contribution is 7.94. The fraction of sp³-hybridized carbons (Fsp3) is 0.308. The Bertz CT molecular complexity index is 629. The van der Waals surface area contributed by atoms with Crippen molar-refractivity contribution in [3.8, 4) is 0 Å². The Labute approximate surface area is 107 Å². The van der Waals surface area contributed by atoms with Crippen LogP contribution in [0.4, 0.5) is 0 Å². The molecule has 0 unspecified atom stereocenters. The summed E-state index contributed by atoms with van der Waals surface area (Å²) in [5, 5.41) is 2.66. The fourth-order valence-electron chi connectivity index (χ4n) is 2.19. The summed E-state index contributed by atoms with van der Waals surface area (Å²) in [7, 11) is -3.30. The Morgan fingerprint density at radius 1 is 1.22 bits per heavy atom. The highest BCUT2D eigenvalue weighted by atomic mass is 32.2. The summed E-state index contributed by atoms with van der Waals surface area (Å²) in [5.41, 5.74) is 2.31. The summed E-state index contributed by atoms with van der Waals surface area (Å²) in [6, 6.07) is 7.54. The predicted molar refractivity (Wildman–Crippen MR) is 70.3 cm³/mol. The first-order chi connectivity index (χ1) is 8.39. The summed E-state index contributed by atoms with van der Waals surface area (Å²) in [5.74, 6) is -0.261. The van der Waals surface area contributed by atoms with E-state index in [-0.39, 0.29) is 5.91 Å². The van der Waals surface area contributed by atoms with Gasteiger partial charge in [0.25, 0.3) is 0 Å². The third kappa shape index (κ3) is 2.46. The molecule has 18 heavy (non-hydrogen) atoms. The molecule has 5 heteroatoms. The maximum Gasteiger partial charge on any atom is 0.221 e. The molecule has 0 saturated carbocycles. The van der Waals surface area contributed by atoms with Gasteiger partial charge in [-0.2, -0.15) is 0 Å². The van der Waals surface area contributed by atoms with Gasteiger partial charge in [0.2, 0.25) is 5.91 Å². The van der Waals surface area contributed by atoms with Crippen LogP contribution in [-0.2, 0) is 21.1 Å². The van der Waals surface area contributed by atoms with Gasteiger partial charge in [-0.15, -0.1) is 0 Å². The van der Waals surface area contributed by atoms with Gasteiger partial charge >= 0.3 is 0 Å². The van der Waals surface area contributed by atoms with Crippen LogP contribution in [0.25, 0.3) is 5.70 Å². The van der Waals surface area contributed by atoms with Gasteiger partial charge in [0.1, 0.15) is 0 Å². The van der Waals surface area contributed by atoms with E-state index in [0.717, 1.165) is 11.1 Å². The van der Waals surface area contributed by atoms with E-state index in [9.17, 15) is 13.2 Å². The van der Waals surface area contributed by atoms with Crippen molar-refractivity contribution in [2.75, 3.05) is 6.26 Å². The molecule has 2 rings (SSSR count). The molecule has 0 aliphatic heterocycles. The SMILES string of the molecule is CC(=O)NC1=C(S(C)(=O)=O)CCc2ccccc21. The summed E-state index contributed by atoms with van der Waals surface area (Å²) in [4.78, 5) is 11.6. The van der Waals surface area contributed by atoms with Crippen LogP contribution in [0.1, 0.15) is 24.5 Å². The van der Waals surface area contributed by atoms with Crippen molar-refractivity contribution >= 4 is 21.4 Å². The normalized spacial score (nSPS) is 15.2. The quantitative estimate of drug-likeness (QED) is 0.881. The summed E-state index contributed by atoms with van der Waals surface area (Å²) in [6.45, 7) is 1.38. The molecule has 0 radical (unpaired) electrons. The number of sulfone groups is 1. The Hall–Kier alpha value is -1.62. The Balaban J connectivity index is 2.65. The molecular weight excluding hydrogens is 250 g/mol. The Morgan fingerprint density at radius 2 is 1.89 bits per heavy atom. The molecule has 1 amide bonds. The number of carbonyl (C=O) groups excluding carboxylic acids is 1. The average molecular weight is 265 g/mol. The number of amides is 1. The van der Waals surface area contributed by atoms with Gasteiger partial charge in [-0.1, -0.05) is 24.3 Å². The van der Waals surface area contributed by atoms with E-state index in [4.69, 9.17) is 0 Å². The molecule has 1 aromatic rings. The second-order valence-electron chi connectivity index (χ2n) is 4.41. The van der Waals surface area contributed by atoms with Crippen LogP contribution in [0.5, 0.6) is 0 Å². The first-order valence-electron chi connectivity index (χ1n) is 5.68. The first kappa shape index (κ1) is 12.8. The van der Waals surface area contributed by atoms with Crippen LogP contribution < -0.4 is 5.32 Å². The molecule has 0 spiro atoms. The molecule has 0 heterocycles. The second-order valence-corrected chi connectivity index (χ2v) is 6.45. The number of aryl methyl sites for hydroxylation is 1. The van der Waals surface area contributed by atoms with Crippen LogP contribution in [0.3, 0.4) is 0 Å². The third-order valence-electron chi connectivity index (χ3n) is 2.94. The lowest BCUT2D eigenvalue weighted by Gasteiger charge is -2.22. The molecule has 1 aliphatic rings. The van der Waals surface area contributed by atoms with Crippen LogP contribution in [-0.4, -0.2) is 20.6 Å². The number of nitrogens with one attached hydrogen (secondary N) is 1. The smallest absolute Gasteiger partial charge is 0.221 e. The average Bonchev–Trinajstić information content (AvgIpc) is 2.27. The molecule has 0 aromatic heterocycles. The predicted octanol–water partition coefficient (Wildman–Crippen LogP) is 1.48. The molecule has 96 valence electrons. The Morgan fingerprint density at radius 3 is 2.50 bits per heavy atom. The zero-order chi connectivity index (χ0) is 13.3. The molecule has 0 saturated heterocycles. The third-order valence-corrected chi connectivity index (χ3v) is 4.24. The molecule has 1 N–H and O–H groups in total. The lowest BCUT2D eigenvalue weighted by Crippen LogP contribution is -2.25. The molecule has 0 atom stereocenters. The minimum absolute atomic E-state index is 0.261. The van der Waals surface area contributed by atoms with E-state index >= 15 is 0 Å². The van der Waals surface area contributed by atoms with Crippen molar-refractivity contribution in [1.29, 1.82) is 0 Å². The van der Waals surface area contributed by atoms with Gasteiger partial charge in [-0.05, 0) is 18.4 Å². The van der Waals surface area contributed by atoms with Crippen molar-refractivity contribution < 1.29 is 13.2 Å². The van der Waals surface area contributed by atoms with Crippen molar-refractivity contribution in [2.24, 2.45) is 0 Å². The van der Waals surface area contributed by atoms with E-state index in [2.05, 4.69) is 5.32 Å². The molecule has 0 fully saturated rings. The number of fused-ring (bicyclic) bond motifs is 1. The molecule has 0 bridgehead atoms. The van der Waals surface area contributed by atoms with E-state index in [0.29, 0.717) is 23.4 Å². The zero-order valence-electron chi connectivity index (χ0n) is 10.4. The van der Waals surface area contributed by atoms with Gasteiger partial charge < -0.3 is 5.32 Å². The van der Waals surface area contributed by atoms with Gasteiger partial charge in [0.05, 0.1) is 10.6 Å². The monoisotopic (exact) mass is 265 g/mol. The lowest BCUT2D eigenvalue weighted by molar-refractivity contribution is -0.117. The fourth-order valence-corrected chi connectivity index (χ4v) is 3.19. The molecule has 1 aromatic carbocycles. The van der Waals surface area contributed by atoms with Crippen LogP contribution in [0.2, 0.25) is 0 Å². The minimum Gasteiger partial charge on any atom is -0.325 e. The van der Waals surface area contributed by atoms with Crippen LogP contribution >= 0.6 is 0 Å². The van der Waals surface area contributed by atoms with Crippen molar-refractivity contribution in [3.05, 3.63) is 40.3 Å². The van der Waals surface area contributed by atoms with Gasteiger partial charge in [0.15, 0.2) is 9.84 Å². The summed E-state index contributed by atoms with van der Waals surface area (Å²) in [6.07, 6.45) is 2.30. The highest BCUT2D eigenvalue weighted by Gasteiger charge is 2.25. The largest absolute Gasteiger partial charge is 0.325 e. The number of hydrogen-bond donors (Lipinski definition) is 1. The summed E-state index contributed by atoms with van der Waals surface area (Å²) >= 11 is 0. The van der Waals surface area contributed by atoms with Crippen molar-refractivity contribution in [3.63, 3.8) is 0 Å². The topological polar surface area (TPSA) is 63.2 Å². The number of carbonyl (C=O) groups is 1. The maximum atomic E-state index is 11.8. The zero-order valence-corrected chi connectivity index (χ0v) is 11.2.